The van der Waals surface area contributed by atoms with Crippen LogP contribution < -0.4 is 4.90 Å². The molecule has 3 rings (SSSR count). The highest BCUT2D eigenvalue weighted by Crippen LogP contribution is 2.28. The third kappa shape index (κ3) is 4.06. The molecule has 2 N–H and O–H groups in total. The molecule has 5 nitrogen and oxygen atoms in total. The zero-order valence-corrected chi connectivity index (χ0v) is 14.9. The molecule has 1 heterocycles. The second-order valence-electron chi connectivity index (χ2n) is 6.32. The highest BCUT2D eigenvalue weighted by atomic mass is 35.5. The Bertz CT molecular complexity index is 771. The Morgan fingerprint density at radius 1 is 1.16 bits per heavy atom. The fraction of sp³-hybridized carbons (Fsp3) is 0.316. The number of aromatic hydroxyl groups is 1. The highest BCUT2D eigenvalue weighted by Gasteiger charge is 2.20. The van der Waals surface area contributed by atoms with Crippen LogP contribution in [-0.2, 0) is 6.54 Å². The van der Waals surface area contributed by atoms with Gasteiger partial charge in [0.2, 0.25) is 0 Å². The molecular weight excluding hydrogens is 338 g/mol. The lowest BCUT2D eigenvalue weighted by Gasteiger charge is -2.36. The van der Waals surface area contributed by atoms with E-state index in [1.165, 1.54) is 6.21 Å². The number of benzene rings is 2. The van der Waals surface area contributed by atoms with Crippen LogP contribution in [0.1, 0.15) is 16.7 Å². The van der Waals surface area contributed by atoms with Gasteiger partial charge in [-0.05, 0) is 30.7 Å². The highest BCUT2D eigenvalue weighted by molar-refractivity contribution is 6.33. The average Bonchev–Trinajstić information content (AvgIpc) is 2.60. The number of hydrogen-bond acceptors (Lipinski definition) is 5. The summed E-state index contributed by atoms with van der Waals surface area (Å²) in [7, 11) is 0. The number of nitrogens with zero attached hydrogens (tertiary/aromatic N) is 3. The van der Waals surface area contributed by atoms with Gasteiger partial charge in [0, 0.05) is 43.9 Å². The average molecular weight is 360 g/mol. The normalized spacial score (nSPS) is 15.8. The second kappa shape index (κ2) is 7.76. The summed E-state index contributed by atoms with van der Waals surface area (Å²) in [4.78, 5) is 4.60. The van der Waals surface area contributed by atoms with Crippen LogP contribution in [0.2, 0.25) is 5.02 Å². The van der Waals surface area contributed by atoms with Crippen molar-refractivity contribution >= 4 is 23.5 Å². The maximum atomic E-state index is 10.4. The van der Waals surface area contributed by atoms with Crippen LogP contribution >= 0.6 is 11.6 Å². The van der Waals surface area contributed by atoms with Crippen LogP contribution in [0.5, 0.6) is 5.75 Å². The smallest absolute Gasteiger partial charge is 0.128 e. The SMILES string of the molecule is Cc1cc(/C=N/O)c(O)c(CN2CCN(c3ccccc3Cl)CC2)c1. The number of para-hydroxylation sites is 1. The van der Waals surface area contributed by atoms with Gasteiger partial charge in [0.05, 0.1) is 16.9 Å². The minimum atomic E-state index is 0.178. The number of piperazine rings is 1. The van der Waals surface area contributed by atoms with Gasteiger partial charge in [-0.1, -0.05) is 35.0 Å². The fourth-order valence-corrected chi connectivity index (χ4v) is 3.52. The standard InChI is InChI=1S/C19H22ClN3O2/c1-14-10-15(12-21-25)19(24)16(11-14)13-22-6-8-23(9-7-22)18-5-3-2-4-17(18)20/h2-5,10-12,24-25H,6-9,13H2,1H3/b21-12+. The Labute approximate surface area is 152 Å². The number of halogens is 1. The predicted molar refractivity (Wildman–Crippen MR) is 101 cm³/mol. The number of rotatable bonds is 4. The van der Waals surface area contributed by atoms with Gasteiger partial charge in [0.25, 0.3) is 0 Å². The molecule has 0 bridgehead atoms. The first-order chi connectivity index (χ1) is 12.1. The fourth-order valence-electron chi connectivity index (χ4n) is 3.26. The first-order valence-corrected chi connectivity index (χ1v) is 8.68. The summed E-state index contributed by atoms with van der Waals surface area (Å²) in [5, 5.41) is 22.9. The van der Waals surface area contributed by atoms with Crippen LogP contribution in [0, 0.1) is 6.92 Å². The van der Waals surface area contributed by atoms with Gasteiger partial charge < -0.3 is 15.2 Å². The van der Waals surface area contributed by atoms with E-state index in [0.717, 1.165) is 48.0 Å². The van der Waals surface area contributed by atoms with Crippen molar-refractivity contribution in [1.29, 1.82) is 0 Å². The van der Waals surface area contributed by atoms with Crippen molar-refractivity contribution in [3.63, 3.8) is 0 Å². The topological polar surface area (TPSA) is 59.3 Å². The van der Waals surface area contributed by atoms with E-state index in [1.807, 2.05) is 37.3 Å². The number of phenolic OH excluding ortho intramolecular Hbond substituents is 1. The Morgan fingerprint density at radius 3 is 2.56 bits per heavy atom. The Hall–Kier alpha value is -2.24. The Balaban J connectivity index is 1.68. The van der Waals surface area contributed by atoms with Crippen molar-refractivity contribution in [2.45, 2.75) is 13.5 Å². The number of phenols is 1. The minimum absolute atomic E-state index is 0.178. The summed E-state index contributed by atoms with van der Waals surface area (Å²) in [5.74, 6) is 0.178. The van der Waals surface area contributed by atoms with Crippen molar-refractivity contribution in [3.05, 3.63) is 58.1 Å². The quantitative estimate of drug-likeness (QED) is 0.498. The number of anilines is 1. The molecule has 0 radical (unpaired) electrons. The van der Waals surface area contributed by atoms with Gasteiger partial charge in [-0.3, -0.25) is 4.90 Å². The van der Waals surface area contributed by atoms with Crippen molar-refractivity contribution < 1.29 is 10.3 Å². The van der Waals surface area contributed by atoms with Gasteiger partial charge in [0.15, 0.2) is 0 Å². The van der Waals surface area contributed by atoms with Crippen LogP contribution in [0.3, 0.4) is 0 Å². The molecule has 0 amide bonds. The maximum Gasteiger partial charge on any atom is 0.128 e. The monoisotopic (exact) mass is 359 g/mol. The van der Waals surface area contributed by atoms with E-state index < -0.39 is 0 Å². The molecule has 1 aliphatic heterocycles. The maximum absolute atomic E-state index is 10.4. The van der Waals surface area contributed by atoms with E-state index >= 15 is 0 Å². The van der Waals surface area contributed by atoms with Crippen molar-refractivity contribution in [2.75, 3.05) is 31.1 Å². The van der Waals surface area contributed by atoms with Crippen LogP contribution in [0.15, 0.2) is 41.6 Å². The van der Waals surface area contributed by atoms with Crippen LogP contribution in [-0.4, -0.2) is 47.6 Å². The zero-order valence-electron chi connectivity index (χ0n) is 14.2. The number of oxime groups is 1. The summed E-state index contributed by atoms with van der Waals surface area (Å²) in [5.41, 5.74) is 3.48. The molecule has 1 saturated heterocycles. The van der Waals surface area contributed by atoms with Crippen molar-refractivity contribution in [3.8, 4) is 5.75 Å². The molecule has 6 heteroatoms. The third-order valence-corrected chi connectivity index (χ3v) is 4.84. The van der Waals surface area contributed by atoms with Gasteiger partial charge in [0.1, 0.15) is 5.75 Å². The Kier molecular flexibility index (Phi) is 5.46. The molecular formula is C19H22ClN3O2. The molecule has 25 heavy (non-hydrogen) atoms. The van der Waals surface area contributed by atoms with Gasteiger partial charge in [-0.25, -0.2) is 0 Å². The van der Waals surface area contributed by atoms with E-state index in [9.17, 15) is 5.11 Å². The number of aryl methyl sites for hydroxylation is 1. The minimum Gasteiger partial charge on any atom is -0.507 e. The summed E-state index contributed by atoms with van der Waals surface area (Å²) in [6, 6.07) is 11.7. The largest absolute Gasteiger partial charge is 0.507 e. The number of hydrogen-bond donors (Lipinski definition) is 2. The molecule has 0 aliphatic carbocycles. The van der Waals surface area contributed by atoms with Crippen molar-refractivity contribution in [1.82, 2.24) is 4.90 Å². The molecule has 1 aliphatic rings. The lowest BCUT2D eigenvalue weighted by atomic mass is 10.0. The first-order valence-electron chi connectivity index (χ1n) is 8.30. The van der Waals surface area contributed by atoms with Gasteiger partial charge in [-0.2, -0.15) is 0 Å². The molecule has 0 atom stereocenters. The lowest BCUT2D eigenvalue weighted by molar-refractivity contribution is 0.246. The van der Waals surface area contributed by atoms with E-state index in [4.69, 9.17) is 16.8 Å². The summed E-state index contributed by atoms with van der Waals surface area (Å²) in [6.07, 6.45) is 1.27. The third-order valence-electron chi connectivity index (χ3n) is 4.52. The van der Waals surface area contributed by atoms with E-state index in [-0.39, 0.29) is 5.75 Å². The van der Waals surface area contributed by atoms with Gasteiger partial charge >= 0.3 is 0 Å². The first kappa shape index (κ1) is 17.6. The molecule has 0 unspecified atom stereocenters. The summed E-state index contributed by atoms with van der Waals surface area (Å²) < 4.78 is 0. The van der Waals surface area contributed by atoms with E-state index in [1.54, 1.807) is 6.07 Å². The van der Waals surface area contributed by atoms with Crippen LogP contribution in [0.4, 0.5) is 5.69 Å². The predicted octanol–water partition coefficient (Wildman–Crippen LogP) is 3.48. The summed E-state index contributed by atoms with van der Waals surface area (Å²) in [6.45, 7) is 6.19. The summed E-state index contributed by atoms with van der Waals surface area (Å²) >= 11 is 6.29. The van der Waals surface area contributed by atoms with Gasteiger partial charge in [-0.15, -0.1) is 0 Å². The molecule has 0 saturated carbocycles. The molecule has 1 fully saturated rings. The lowest BCUT2D eigenvalue weighted by Crippen LogP contribution is -2.46. The van der Waals surface area contributed by atoms with E-state index in [2.05, 4.69) is 15.0 Å². The van der Waals surface area contributed by atoms with E-state index in [0.29, 0.717) is 12.1 Å². The zero-order chi connectivity index (χ0) is 17.8. The van der Waals surface area contributed by atoms with Crippen LogP contribution in [0.25, 0.3) is 0 Å². The molecule has 2 aromatic carbocycles. The molecule has 2 aromatic rings. The van der Waals surface area contributed by atoms with Crippen molar-refractivity contribution in [2.24, 2.45) is 5.16 Å². The molecule has 0 aromatic heterocycles. The second-order valence-corrected chi connectivity index (χ2v) is 6.73. The molecule has 0 spiro atoms. The molecule has 132 valence electrons. The Morgan fingerprint density at radius 2 is 1.88 bits per heavy atom.